The number of rotatable bonds is 2. The Hall–Kier alpha value is -3.15. The summed E-state index contributed by atoms with van der Waals surface area (Å²) < 4.78 is 19.7. The average molecular weight is 391 g/mol. The lowest BCUT2D eigenvalue weighted by Crippen LogP contribution is -2.34. The second kappa shape index (κ2) is 6.72. The fraction of sp³-hybridized carbons (Fsp3) is 0.304. The van der Waals surface area contributed by atoms with Crippen LogP contribution in [0.15, 0.2) is 34.7 Å². The summed E-state index contributed by atoms with van der Waals surface area (Å²) in [7, 11) is 0. The molecule has 5 rings (SSSR count). The van der Waals surface area contributed by atoms with E-state index in [4.69, 9.17) is 9.83 Å². The summed E-state index contributed by atoms with van der Waals surface area (Å²) in [5.74, 6) is -0.857. The summed E-state index contributed by atoms with van der Waals surface area (Å²) in [5, 5.41) is 11.8. The molecule has 0 fully saturated rings. The molecular weight excluding hydrogens is 369 g/mol. The Kier molecular flexibility index (Phi) is 4.15. The van der Waals surface area contributed by atoms with E-state index in [2.05, 4.69) is 16.3 Å². The van der Waals surface area contributed by atoms with Crippen molar-refractivity contribution in [2.24, 2.45) is 0 Å². The van der Waals surface area contributed by atoms with Gasteiger partial charge in [-0.15, -0.1) is 0 Å². The second-order valence-corrected chi connectivity index (χ2v) is 7.88. The number of carbonyl (C=O) groups excluding carboxylic acids is 1. The molecule has 0 spiro atoms. The average Bonchev–Trinajstić information content (AvgIpc) is 2.71. The highest BCUT2D eigenvalue weighted by Gasteiger charge is 2.27. The van der Waals surface area contributed by atoms with Crippen LogP contribution in [-0.4, -0.2) is 19.0 Å². The molecule has 0 aliphatic carbocycles. The van der Waals surface area contributed by atoms with Crippen molar-refractivity contribution < 1.29 is 13.6 Å². The zero-order chi connectivity index (χ0) is 20.1. The van der Waals surface area contributed by atoms with Crippen LogP contribution < -0.4 is 15.8 Å². The van der Waals surface area contributed by atoms with Crippen molar-refractivity contribution in [2.75, 3.05) is 23.3 Å². The van der Waals surface area contributed by atoms with Gasteiger partial charge in [0.15, 0.2) is 0 Å². The molecule has 6 heteroatoms. The van der Waals surface area contributed by atoms with Gasteiger partial charge in [0.25, 0.3) is 5.91 Å². The van der Waals surface area contributed by atoms with Crippen molar-refractivity contribution in [2.45, 2.75) is 32.6 Å². The lowest BCUT2D eigenvalue weighted by atomic mass is 9.90. The van der Waals surface area contributed by atoms with Crippen LogP contribution >= 0.6 is 0 Å². The number of nitrogens with one attached hydrogen (secondary N) is 2. The van der Waals surface area contributed by atoms with Crippen molar-refractivity contribution in [3.05, 3.63) is 64.0 Å². The molecule has 5 nitrogen and oxygen atoms in total. The Balaban J connectivity index is 1.58. The predicted molar refractivity (Wildman–Crippen MR) is 110 cm³/mol. The number of amides is 1. The van der Waals surface area contributed by atoms with E-state index in [0.29, 0.717) is 16.8 Å². The summed E-state index contributed by atoms with van der Waals surface area (Å²) in [6, 6.07) is 8.36. The summed E-state index contributed by atoms with van der Waals surface area (Å²) in [4.78, 5) is 15.2. The summed E-state index contributed by atoms with van der Waals surface area (Å²) in [6.07, 6.45) is 4.13. The van der Waals surface area contributed by atoms with Crippen LogP contribution in [0.4, 0.5) is 15.8 Å². The van der Waals surface area contributed by atoms with E-state index in [0.717, 1.165) is 49.7 Å². The molecule has 2 aromatic carbocycles. The number of halogens is 1. The third-order valence-corrected chi connectivity index (χ3v) is 5.92. The largest absolute Gasteiger partial charge is 0.438 e. The molecule has 1 aromatic heterocycles. The van der Waals surface area contributed by atoms with E-state index in [1.165, 1.54) is 17.3 Å². The minimum atomic E-state index is -0.475. The van der Waals surface area contributed by atoms with Gasteiger partial charge in [-0.2, -0.15) is 0 Å². The maximum absolute atomic E-state index is 13.8. The molecule has 0 bridgehead atoms. The highest BCUT2D eigenvalue weighted by Crippen LogP contribution is 2.39. The van der Waals surface area contributed by atoms with Gasteiger partial charge >= 0.3 is 0 Å². The predicted octanol–water partition coefficient (Wildman–Crippen LogP) is 4.31. The summed E-state index contributed by atoms with van der Waals surface area (Å²) in [6.45, 7) is 3.79. The number of aryl methyl sites for hydroxylation is 3. The summed E-state index contributed by atoms with van der Waals surface area (Å²) in [5.41, 5.74) is 5.26. The van der Waals surface area contributed by atoms with Crippen molar-refractivity contribution in [1.29, 1.82) is 5.41 Å². The third kappa shape index (κ3) is 2.99. The minimum absolute atomic E-state index is 0.147. The van der Waals surface area contributed by atoms with Crippen LogP contribution in [0.5, 0.6) is 0 Å². The van der Waals surface area contributed by atoms with E-state index in [1.54, 1.807) is 25.1 Å². The molecule has 0 atom stereocenters. The number of hydrogen-bond acceptors (Lipinski definition) is 4. The zero-order valence-corrected chi connectivity index (χ0v) is 16.3. The van der Waals surface area contributed by atoms with Crippen LogP contribution in [0.1, 0.15) is 39.9 Å². The first kappa shape index (κ1) is 17.9. The van der Waals surface area contributed by atoms with Crippen LogP contribution in [0.25, 0.3) is 11.0 Å². The molecule has 3 aromatic rings. The number of benzene rings is 2. The molecule has 0 radical (unpaired) electrons. The van der Waals surface area contributed by atoms with Crippen molar-refractivity contribution >= 4 is 28.3 Å². The smallest absolute Gasteiger partial charge is 0.261 e. The Morgan fingerprint density at radius 2 is 1.97 bits per heavy atom. The number of carbonyl (C=O) groups is 1. The standard InChI is InChI=1S/C23H22FN3O2/c1-13-6-7-16(12-19(13)24)26-23(28)18-11-15-10-14-4-2-8-27-9-3-5-17(20(14)27)21(15)29-22(18)25/h6-7,10-12,25H,2-5,8-9H2,1H3,(H,26,28). The molecule has 2 aliphatic rings. The van der Waals surface area contributed by atoms with Gasteiger partial charge in [0.1, 0.15) is 17.0 Å². The Bertz CT molecular complexity index is 1210. The molecule has 1 amide bonds. The van der Waals surface area contributed by atoms with Gasteiger partial charge in [-0.25, -0.2) is 4.39 Å². The molecule has 2 N–H and O–H groups in total. The molecule has 29 heavy (non-hydrogen) atoms. The first-order chi connectivity index (χ1) is 14.0. The lowest BCUT2D eigenvalue weighted by Gasteiger charge is -2.37. The maximum atomic E-state index is 13.8. The quantitative estimate of drug-likeness (QED) is 0.684. The van der Waals surface area contributed by atoms with Crippen LogP contribution in [0, 0.1) is 18.2 Å². The Morgan fingerprint density at radius 3 is 2.76 bits per heavy atom. The molecule has 0 saturated carbocycles. The summed E-state index contributed by atoms with van der Waals surface area (Å²) >= 11 is 0. The van der Waals surface area contributed by atoms with Crippen LogP contribution in [0.2, 0.25) is 0 Å². The third-order valence-electron chi connectivity index (χ3n) is 5.92. The molecule has 0 unspecified atom stereocenters. The van der Waals surface area contributed by atoms with E-state index in [9.17, 15) is 9.18 Å². The Morgan fingerprint density at radius 1 is 1.17 bits per heavy atom. The number of anilines is 2. The van der Waals surface area contributed by atoms with Gasteiger partial charge in [-0.05, 0) is 68.0 Å². The van der Waals surface area contributed by atoms with Crippen LogP contribution in [0.3, 0.4) is 0 Å². The van der Waals surface area contributed by atoms with E-state index in [-0.39, 0.29) is 16.9 Å². The van der Waals surface area contributed by atoms with Crippen molar-refractivity contribution in [3.63, 3.8) is 0 Å². The highest BCUT2D eigenvalue weighted by molar-refractivity contribution is 6.05. The molecule has 2 aliphatic heterocycles. The zero-order valence-electron chi connectivity index (χ0n) is 16.3. The number of hydrogen-bond donors (Lipinski definition) is 2. The number of nitrogens with zero attached hydrogens (tertiary/aromatic N) is 1. The maximum Gasteiger partial charge on any atom is 0.261 e. The lowest BCUT2D eigenvalue weighted by molar-refractivity contribution is 0.102. The monoisotopic (exact) mass is 391 g/mol. The second-order valence-electron chi connectivity index (χ2n) is 7.88. The SMILES string of the molecule is Cc1ccc(NC(=O)c2cc3cc4c5c(c3oc2=N)CCCN5CCC4)cc1F. The van der Waals surface area contributed by atoms with Crippen LogP contribution in [-0.2, 0) is 12.8 Å². The van der Waals surface area contributed by atoms with E-state index < -0.39 is 5.91 Å². The van der Waals surface area contributed by atoms with Gasteiger partial charge in [-0.3, -0.25) is 10.2 Å². The van der Waals surface area contributed by atoms with Crippen molar-refractivity contribution in [3.8, 4) is 0 Å². The van der Waals surface area contributed by atoms with Gasteiger partial charge in [0.2, 0.25) is 5.55 Å². The fourth-order valence-electron chi connectivity index (χ4n) is 4.50. The molecular formula is C23H22FN3O2. The topological polar surface area (TPSA) is 69.3 Å². The van der Waals surface area contributed by atoms with Gasteiger partial charge in [0, 0.05) is 35.4 Å². The van der Waals surface area contributed by atoms with E-state index in [1.807, 2.05) is 0 Å². The highest BCUT2D eigenvalue weighted by atomic mass is 19.1. The van der Waals surface area contributed by atoms with Gasteiger partial charge in [0.05, 0.1) is 0 Å². The molecule has 3 heterocycles. The van der Waals surface area contributed by atoms with E-state index >= 15 is 0 Å². The first-order valence-electron chi connectivity index (χ1n) is 10.0. The minimum Gasteiger partial charge on any atom is -0.438 e. The Labute approximate surface area is 167 Å². The normalized spacial score (nSPS) is 15.3. The van der Waals surface area contributed by atoms with Crippen molar-refractivity contribution in [1.82, 2.24) is 0 Å². The fourth-order valence-corrected chi connectivity index (χ4v) is 4.50. The van der Waals surface area contributed by atoms with Gasteiger partial charge in [-0.1, -0.05) is 6.07 Å². The number of fused-ring (bicyclic) bond motifs is 2. The van der Waals surface area contributed by atoms with Gasteiger partial charge < -0.3 is 14.6 Å². The first-order valence-corrected chi connectivity index (χ1v) is 10.0. The molecule has 148 valence electrons. The molecule has 0 saturated heterocycles.